The van der Waals surface area contributed by atoms with Gasteiger partial charge in [-0.2, -0.15) is 0 Å². The zero-order valence-electron chi connectivity index (χ0n) is 17.1. The van der Waals surface area contributed by atoms with Gasteiger partial charge in [-0.1, -0.05) is 50.6 Å². The van der Waals surface area contributed by atoms with E-state index in [1.54, 1.807) is 13.0 Å². The molecule has 2 aromatic rings. The summed E-state index contributed by atoms with van der Waals surface area (Å²) in [6, 6.07) is 11.5. The van der Waals surface area contributed by atoms with Crippen molar-refractivity contribution in [3.8, 4) is 0 Å². The minimum absolute atomic E-state index is 0.0941. The van der Waals surface area contributed by atoms with Crippen molar-refractivity contribution < 1.29 is 14.0 Å². The molecular weight excluding hydrogens is 369 g/mol. The number of carbonyl (C=O) groups is 2. The lowest BCUT2D eigenvalue weighted by atomic mass is 9.94. The minimum Gasteiger partial charge on any atom is -0.343 e. The highest BCUT2D eigenvalue weighted by atomic mass is 19.1. The minimum atomic E-state index is -0.743. The Labute approximate surface area is 171 Å². The van der Waals surface area contributed by atoms with Crippen molar-refractivity contribution in [3.63, 3.8) is 0 Å². The second-order valence-corrected chi connectivity index (χ2v) is 7.75. The van der Waals surface area contributed by atoms with Crippen LogP contribution in [-0.2, 0) is 22.6 Å². The van der Waals surface area contributed by atoms with Gasteiger partial charge in [0.25, 0.3) is 0 Å². The van der Waals surface area contributed by atoms with Gasteiger partial charge < -0.3 is 16.0 Å². The van der Waals surface area contributed by atoms with E-state index in [-0.39, 0.29) is 17.5 Å². The molecule has 2 amide bonds. The number of hydrogen-bond donors (Lipinski definition) is 3. The molecule has 1 heterocycles. The number of halogens is 1. The lowest BCUT2D eigenvalue weighted by Gasteiger charge is -2.29. The van der Waals surface area contributed by atoms with Crippen LogP contribution in [0.1, 0.15) is 37.0 Å². The summed E-state index contributed by atoms with van der Waals surface area (Å²) in [5.74, 6) is -1.21. The number of hydrogen-bond acceptors (Lipinski definition) is 3. The molecule has 0 fully saturated rings. The molecule has 5 nitrogen and oxygen atoms in total. The van der Waals surface area contributed by atoms with Crippen LogP contribution >= 0.6 is 0 Å². The molecule has 1 aliphatic rings. The fourth-order valence-electron chi connectivity index (χ4n) is 3.53. The zero-order valence-corrected chi connectivity index (χ0v) is 17.1. The van der Waals surface area contributed by atoms with Crippen molar-refractivity contribution in [2.24, 2.45) is 5.92 Å². The maximum Gasteiger partial charge on any atom is 0.247 e. The Bertz CT molecular complexity index is 899. The summed E-state index contributed by atoms with van der Waals surface area (Å²) in [5.41, 5.74) is 3.21. The van der Waals surface area contributed by atoms with Gasteiger partial charge >= 0.3 is 0 Å². The van der Waals surface area contributed by atoms with Crippen molar-refractivity contribution in [1.29, 1.82) is 0 Å². The van der Waals surface area contributed by atoms with Gasteiger partial charge in [0.2, 0.25) is 11.8 Å². The Kier molecular flexibility index (Phi) is 6.64. The van der Waals surface area contributed by atoms with E-state index in [0.29, 0.717) is 19.4 Å². The zero-order chi connectivity index (χ0) is 21.0. The average Bonchev–Trinajstić information content (AvgIpc) is 2.72. The molecule has 6 heteroatoms. The summed E-state index contributed by atoms with van der Waals surface area (Å²) in [6.45, 7) is 6.26. The van der Waals surface area contributed by atoms with Gasteiger partial charge in [-0.05, 0) is 48.1 Å². The maximum absolute atomic E-state index is 14.1. The molecular formula is C23H28FN3O2. The smallest absolute Gasteiger partial charge is 0.247 e. The number of amides is 2. The molecule has 2 aromatic carbocycles. The fraction of sp³-hybridized carbons (Fsp3) is 0.391. The molecule has 3 atom stereocenters. The van der Waals surface area contributed by atoms with Gasteiger partial charge in [-0.15, -0.1) is 0 Å². The van der Waals surface area contributed by atoms with Gasteiger partial charge in [0.1, 0.15) is 11.9 Å². The summed E-state index contributed by atoms with van der Waals surface area (Å²) >= 11 is 0. The van der Waals surface area contributed by atoms with E-state index in [2.05, 4.69) is 16.0 Å². The average molecular weight is 397 g/mol. The van der Waals surface area contributed by atoms with Crippen LogP contribution in [0.25, 0.3) is 0 Å². The summed E-state index contributed by atoms with van der Waals surface area (Å²) < 4.78 is 14.1. The molecule has 0 saturated carbocycles. The normalized spacial score (nSPS) is 17.7. The van der Waals surface area contributed by atoms with E-state index < -0.39 is 23.8 Å². The van der Waals surface area contributed by atoms with Gasteiger partial charge in [0, 0.05) is 6.54 Å². The fourth-order valence-corrected chi connectivity index (χ4v) is 3.53. The third-order valence-corrected chi connectivity index (χ3v) is 5.57. The van der Waals surface area contributed by atoms with Crippen LogP contribution in [0.5, 0.6) is 0 Å². The van der Waals surface area contributed by atoms with Crippen molar-refractivity contribution >= 4 is 17.5 Å². The number of nitrogens with one attached hydrogen (secondary N) is 3. The maximum atomic E-state index is 14.1. The van der Waals surface area contributed by atoms with Gasteiger partial charge in [-0.25, -0.2) is 4.39 Å². The lowest BCUT2D eigenvalue weighted by molar-refractivity contribution is -0.129. The Morgan fingerprint density at radius 3 is 2.62 bits per heavy atom. The SMILES string of the molecule is CCC(C)C(NC(=O)C1Cc2ccccc2CN1)C(=O)Nc1ccc(C)cc1F. The molecule has 0 aromatic heterocycles. The topological polar surface area (TPSA) is 70.2 Å². The lowest BCUT2D eigenvalue weighted by Crippen LogP contribution is -2.55. The van der Waals surface area contributed by atoms with E-state index in [0.717, 1.165) is 11.1 Å². The molecule has 0 spiro atoms. The van der Waals surface area contributed by atoms with Gasteiger partial charge in [0.15, 0.2) is 0 Å². The number of benzene rings is 2. The highest BCUT2D eigenvalue weighted by Crippen LogP contribution is 2.19. The number of rotatable bonds is 6. The number of aryl methyl sites for hydroxylation is 1. The molecule has 1 aliphatic heterocycles. The predicted octanol–water partition coefficient (Wildman–Crippen LogP) is 3.32. The summed E-state index contributed by atoms with van der Waals surface area (Å²) in [4.78, 5) is 25.7. The summed E-state index contributed by atoms with van der Waals surface area (Å²) in [5, 5.41) is 8.75. The van der Waals surface area contributed by atoms with Crippen LogP contribution in [0.4, 0.5) is 10.1 Å². The van der Waals surface area contributed by atoms with Crippen molar-refractivity contribution in [2.45, 2.75) is 52.2 Å². The molecule has 29 heavy (non-hydrogen) atoms. The van der Waals surface area contributed by atoms with Crippen LogP contribution in [0, 0.1) is 18.7 Å². The molecule has 0 bridgehead atoms. The Balaban J connectivity index is 1.70. The molecule has 154 valence electrons. The quantitative estimate of drug-likeness (QED) is 0.700. The van der Waals surface area contributed by atoms with E-state index in [4.69, 9.17) is 0 Å². The summed E-state index contributed by atoms with van der Waals surface area (Å²) in [6.07, 6.45) is 1.28. The predicted molar refractivity (Wildman–Crippen MR) is 112 cm³/mol. The molecule has 0 aliphatic carbocycles. The largest absolute Gasteiger partial charge is 0.343 e. The van der Waals surface area contributed by atoms with Crippen LogP contribution < -0.4 is 16.0 Å². The first-order valence-corrected chi connectivity index (χ1v) is 10.1. The van der Waals surface area contributed by atoms with Crippen molar-refractivity contribution in [3.05, 3.63) is 65.0 Å². The summed E-state index contributed by atoms with van der Waals surface area (Å²) in [7, 11) is 0. The van der Waals surface area contributed by atoms with Crippen LogP contribution in [-0.4, -0.2) is 23.9 Å². The second kappa shape index (κ2) is 9.18. The molecule has 3 rings (SSSR count). The van der Waals surface area contributed by atoms with Gasteiger partial charge in [0.05, 0.1) is 11.7 Å². The number of fused-ring (bicyclic) bond motifs is 1. The molecule has 3 N–H and O–H groups in total. The highest BCUT2D eigenvalue weighted by molar-refractivity contribution is 5.98. The van der Waals surface area contributed by atoms with Crippen LogP contribution in [0.3, 0.4) is 0 Å². The van der Waals surface area contributed by atoms with E-state index in [9.17, 15) is 14.0 Å². The molecule has 0 saturated heterocycles. The molecule has 0 radical (unpaired) electrons. The van der Waals surface area contributed by atoms with Gasteiger partial charge in [-0.3, -0.25) is 9.59 Å². The third-order valence-electron chi connectivity index (χ3n) is 5.57. The first-order valence-electron chi connectivity index (χ1n) is 10.1. The van der Waals surface area contributed by atoms with Crippen LogP contribution in [0.15, 0.2) is 42.5 Å². The monoisotopic (exact) mass is 397 g/mol. The van der Waals surface area contributed by atoms with Crippen LogP contribution in [0.2, 0.25) is 0 Å². The first-order chi connectivity index (χ1) is 13.9. The standard InChI is InChI=1S/C23H28FN3O2/c1-4-15(3)21(23(29)26-19-10-9-14(2)11-18(19)24)27-22(28)20-12-16-7-5-6-8-17(16)13-25-20/h5-11,15,20-21,25H,4,12-13H2,1-3H3,(H,26,29)(H,27,28). The Morgan fingerprint density at radius 2 is 1.93 bits per heavy atom. The number of carbonyl (C=O) groups excluding carboxylic acids is 2. The first kappa shape index (κ1) is 21.0. The van der Waals surface area contributed by atoms with Crippen molar-refractivity contribution in [1.82, 2.24) is 10.6 Å². The number of anilines is 1. The van der Waals surface area contributed by atoms with Crippen molar-refractivity contribution in [2.75, 3.05) is 5.32 Å². The second-order valence-electron chi connectivity index (χ2n) is 7.75. The molecule has 3 unspecified atom stereocenters. The Hall–Kier alpha value is -2.73. The van der Waals surface area contributed by atoms with E-state index in [1.165, 1.54) is 17.7 Å². The highest BCUT2D eigenvalue weighted by Gasteiger charge is 2.31. The Morgan fingerprint density at radius 1 is 1.21 bits per heavy atom. The van der Waals surface area contributed by atoms with E-state index >= 15 is 0 Å². The van der Waals surface area contributed by atoms with E-state index in [1.807, 2.05) is 38.1 Å². The third kappa shape index (κ3) is 5.01.